The number of hydrogen-bond donors (Lipinski definition) is 1. The van der Waals surface area contributed by atoms with Crippen molar-refractivity contribution in [3.05, 3.63) is 60.2 Å². The van der Waals surface area contributed by atoms with Gasteiger partial charge in [0.2, 0.25) is 0 Å². The van der Waals surface area contributed by atoms with Gasteiger partial charge in [-0.1, -0.05) is 11.6 Å². The molecule has 0 unspecified atom stereocenters. The van der Waals surface area contributed by atoms with E-state index in [-0.39, 0.29) is 5.82 Å². The van der Waals surface area contributed by atoms with Crippen molar-refractivity contribution >= 4 is 22.4 Å². The number of nitrogens with zero attached hydrogens (tertiary/aromatic N) is 2. The second kappa shape index (κ2) is 4.65. The van der Waals surface area contributed by atoms with Crippen LogP contribution < -0.4 is 5.32 Å². The van der Waals surface area contributed by atoms with E-state index in [9.17, 15) is 4.39 Å². The standard InChI is InChI=1S/C15H12FN3/c1-10-2-7-14-13(8-10)15(18-9-17-14)19-12-5-3-11(16)4-6-12/h2-9H,1H3,(H,17,18,19). The molecular weight excluding hydrogens is 241 g/mol. The first-order valence-corrected chi connectivity index (χ1v) is 5.96. The number of hydrogen-bond acceptors (Lipinski definition) is 3. The Morgan fingerprint density at radius 2 is 1.79 bits per heavy atom. The molecule has 0 aliphatic heterocycles. The molecule has 94 valence electrons. The lowest BCUT2D eigenvalue weighted by atomic mass is 10.1. The molecule has 0 aliphatic carbocycles. The summed E-state index contributed by atoms with van der Waals surface area (Å²) in [6, 6.07) is 12.2. The monoisotopic (exact) mass is 253 g/mol. The highest BCUT2D eigenvalue weighted by molar-refractivity contribution is 5.90. The maximum Gasteiger partial charge on any atom is 0.141 e. The van der Waals surface area contributed by atoms with Crippen LogP contribution in [0.25, 0.3) is 10.9 Å². The third-order valence-corrected chi connectivity index (χ3v) is 2.90. The van der Waals surface area contributed by atoms with E-state index in [1.807, 2.05) is 25.1 Å². The number of halogens is 1. The molecule has 0 atom stereocenters. The topological polar surface area (TPSA) is 37.8 Å². The minimum absolute atomic E-state index is 0.256. The van der Waals surface area contributed by atoms with Gasteiger partial charge in [-0.2, -0.15) is 0 Å². The normalized spacial score (nSPS) is 10.6. The van der Waals surface area contributed by atoms with Crippen LogP contribution in [0.4, 0.5) is 15.9 Å². The van der Waals surface area contributed by atoms with Crippen LogP contribution in [0.3, 0.4) is 0 Å². The Kier molecular flexibility index (Phi) is 2.83. The summed E-state index contributed by atoms with van der Waals surface area (Å²) in [7, 11) is 0. The molecule has 4 heteroatoms. The number of rotatable bonds is 2. The molecule has 0 radical (unpaired) electrons. The van der Waals surface area contributed by atoms with Gasteiger partial charge < -0.3 is 5.32 Å². The smallest absolute Gasteiger partial charge is 0.141 e. The summed E-state index contributed by atoms with van der Waals surface area (Å²) >= 11 is 0. The highest BCUT2D eigenvalue weighted by atomic mass is 19.1. The molecule has 0 spiro atoms. The Labute approximate surface area is 110 Å². The van der Waals surface area contributed by atoms with Crippen molar-refractivity contribution in [3.63, 3.8) is 0 Å². The quantitative estimate of drug-likeness (QED) is 0.754. The second-order valence-corrected chi connectivity index (χ2v) is 4.37. The highest BCUT2D eigenvalue weighted by Crippen LogP contribution is 2.23. The van der Waals surface area contributed by atoms with E-state index in [2.05, 4.69) is 15.3 Å². The van der Waals surface area contributed by atoms with Gasteiger partial charge in [0.15, 0.2) is 0 Å². The van der Waals surface area contributed by atoms with E-state index in [0.29, 0.717) is 0 Å². The average molecular weight is 253 g/mol. The minimum atomic E-state index is -0.256. The van der Waals surface area contributed by atoms with Crippen LogP contribution in [-0.2, 0) is 0 Å². The molecule has 2 aromatic carbocycles. The molecule has 1 heterocycles. The third kappa shape index (κ3) is 2.38. The lowest BCUT2D eigenvalue weighted by Crippen LogP contribution is -1.96. The molecule has 1 aromatic heterocycles. The first kappa shape index (κ1) is 11.6. The van der Waals surface area contributed by atoms with Gasteiger partial charge in [-0.3, -0.25) is 0 Å². The van der Waals surface area contributed by atoms with E-state index in [4.69, 9.17) is 0 Å². The number of aryl methyl sites for hydroxylation is 1. The van der Waals surface area contributed by atoms with E-state index < -0.39 is 0 Å². The Morgan fingerprint density at radius 1 is 1.00 bits per heavy atom. The van der Waals surface area contributed by atoms with Crippen LogP contribution in [0, 0.1) is 12.7 Å². The van der Waals surface area contributed by atoms with Crippen LogP contribution in [0.15, 0.2) is 48.8 Å². The summed E-state index contributed by atoms with van der Waals surface area (Å²) in [5.74, 6) is 0.467. The van der Waals surface area contributed by atoms with E-state index in [1.165, 1.54) is 18.5 Å². The van der Waals surface area contributed by atoms with Gasteiger partial charge >= 0.3 is 0 Å². The van der Waals surface area contributed by atoms with Crippen LogP contribution in [0.5, 0.6) is 0 Å². The predicted octanol–water partition coefficient (Wildman–Crippen LogP) is 3.82. The van der Waals surface area contributed by atoms with Crippen molar-refractivity contribution in [2.45, 2.75) is 6.92 Å². The molecule has 3 aromatic rings. The van der Waals surface area contributed by atoms with Gasteiger partial charge in [0.05, 0.1) is 5.52 Å². The van der Waals surface area contributed by atoms with Gasteiger partial charge in [-0.05, 0) is 43.3 Å². The third-order valence-electron chi connectivity index (χ3n) is 2.90. The Balaban J connectivity index is 2.05. The first-order valence-electron chi connectivity index (χ1n) is 5.96. The van der Waals surface area contributed by atoms with Gasteiger partial charge in [-0.25, -0.2) is 14.4 Å². The molecule has 0 fully saturated rings. The van der Waals surface area contributed by atoms with Crippen LogP contribution in [-0.4, -0.2) is 9.97 Å². The lowest BCUT2D eigenvalue weighted by Gasteiger charge is -2.08. The lowest BCUT2D eigenvalue weighted by molar-refractivity contribution is 0.628. The molecule has 0 saturated heterocycles. The maximum atomic E-state index is 12.9. The summed E-state index contributed by atoms with van der Waals surface area (Å²) in [6.07, 6.45) is 1.52. The number of benzene rings is 2. The fourth-order valence-electron chi connectivity index (χ4n) is 1.94. The number of nitrogens with one attached hydrogen (secondary N) is 1. The molecule has 3 nitrogen and oxygen atoms in total. The zero-order valence-electron chi connectivity index (χ0n) is 10.4. The van der Waals surface area contributed by atoms with Crippen molar-refractivity contribution in [1.82, 2.24) is 9.97 Å². The van der Waals surface area contributed by atoms with Crippen molar-refractivity contribution in [3.8, 4) is 0 Å². The average Bonchev–Trinajstić information content (AvgIpc) is 2.42. The highest BCUT2D eigenvalue weighted by Gasteiger charge is 2.04. The van der Waals surface area contributed by atoms with Gasteiger partial charge in [0, 0.05) is 11.1 Å². The van der Waals surface area contributed by atoms with Gasteiger partial charge in [0.1, 0.15) is 18.0 Å². The predicted molar refractivity (Wildman–Crippen MR) is 74.0 cm³/mol. The second-order valence-electron chi connectivity index (χ2n) is 4.37. The Bertz CT molecular complexity index is 723. The maximum absolute atomic E-state index is 12.9. The zero-order chi connectivity index (χ0) is 13.2. The zero-order valence-corrected chi connectivity index (χ0v) is 10.4. The minimum Gasteiger partial charge on any atom is -0.340 e. The van der Waals surface area contributed by atoms with Crippen molar-refractivity contribution in [1.29, 1.82) is 0 Å². The molecular formula is C15H12FN3. The summed E-state index contributed by atoms with van der Waals surface area (Å²) in [5.41, 5.74) is 2.82. The summed E-state index contributed by atoms with van der Waals surface area (Å²) in [4.78, 5) is 8.48. The van der Waals surface area contributed by atoms with Crippen molar-refractivity contribution < 1.29 is 4.39 Å². The molecule has 0 bridgehead atoms. The summed E-state index contributed by atoms with van der Waals surface area (Å²) < 4.78 is 12.9. The van der Waals surface area contributed by atoms with Crippen molar-refractivity contribution in [2.24, 2.45) is 0 Å². The van der Waals surface area contributed by atoms with E-state index in [0.717, 1.165) is 28.0 Å². The van der Waals surface area contributed by atoms with Crippen molar-refractivity contribution in [2.75, 3.05) is 5.32 Å². The van der Waals surface area contributed by atoms with Crippen LogP contribution in [0.2, 0.25) is 0 Å². The molecule has 0 aliphatic rings. The Hall–Kier alpha value is -2.49. The number of anilines is 2. The Morgan fingerprint density at radius 3 is 2.58 bits per heavy atom. The molecule has 3 rings (SSSR count). The van der Waals surface area contributed by atoms with Crippen LogP contribution >= 0.6 is 0 Å². The largest absolute Gasteiger partial charge is 0.340 e. The molecule has 1 N–H and O–H groups in total. The van der Waals surface area contributed by atoms with Crippen LogP contribution in [0.1, 0.15) is 5.56 Å². The number of fused-ring (bicyclic) bond motifs is 1. The molecule has 19 heavy (non-hydrogen) atoms. The fourth-order valence-corrected chi connectivity index (χ4v) is 1.94. The SMILES string of the molecule is Cc1ccc2ncnc(Nc3ccc(F)cc3)c2c1. The van der Waals surface area contributed by atoms with Gasteiger partial charge in [0.25, 0.3) is 0 Å². The van der Waals surface area contributed by atoms with Gasteiger partial charge in [-0.15, -0.1) is 0 Å². The van der Waals surface area contributed by atoms with E-state index >= 15 is 0 Å². The molecule has 0 amide bonds. The molecule has 0 saturated carbocycles. The number of aromatic nitrogens is 2. The summed E-state index contributed by atoms with van der Waals surface area (Å²) in [5, 5.41) is 4.13. The first-order chi connectivity index (χ1) is 9.22. The summed E-state index contributed by atoms with van der Waals surface area (Å²) in [6.45, 7) is 2.02. The van der Waals surface area contributed by atoms with E-state index in [1.54, 1.807) is 12.1 Å². The fraction of sp³-hybridized carbons (Fsp3) is 0.0667.